The monoisotopic (exact) mass is 301 g/mol. The molecule has 2 saturated carbocycles. The Morgan fingerprint density at radius 3 is 2.21 bits per heavy atom. The van der Waals surface area contributed by atoms with Crippen molar-refractivity contribution in [2.24, 2.45) is 17.8 Å². The van der Waals surface area contributed by atoms with Crippen LogP contribution in [0.5, 0.6) is 0 Å². The minimum Gasteiger partial charge on any atom is -0.225 e. The third-order valence-electron chi connectivity index (χ3n) is 3.87. The third kappa shape index (κ3) is 3.24. The second-order valence-corrected chi connectivity index (χ2v) is 7.48. The SMILES string of the molecule is O=S(=O)(NCC(C1CC1)C1CC1)c1cnc(Cl)nc1. The Morgan fingerprint density at radius 2 is 1.74 bits per heavy atom. The Labute approximate surface area is 117 Å². The van der Waals surface area contributed by atoms with Gasteiger partial charge in [0, 0.05) is 6.54 Å². The summed E-state index contributed by atoms with van der Waals surface area (Å²) >= 11 is 5.55. The first-order valence-electron chi connectivity index (χ1n) is 6.53. The normalized spacial score (nSPS) is 19.9. The van der Waals surface area contributed by atoms with Crippen LogP contribution in [0, 0.1) is 17.8 Å². The highest BCUT2D eigenvalue weighted by molar-refractivity contribution is 7.89. The molecule has 0 bridgehead atoms. The number of rotatable bonds is 6. The van der Waals surface area contributed by atoms with E-state index in [1.54, 1.807) is 0 Å². The van der Waals surface area contributed by atoms with E-state index in [1.807, 2.05) is 0 Å². The van der Waals surface area contributed by atoms with Gasteiger partial charge in [-0.15, -0.1) is 0 Å². The molecule has 1 aromatic heterocycles. The van der Waals surface area contributed by atoms with Crippen LogP contribution in [0.3, 0.4) is 0 Å². The van der Waals surface area contributed by atoms with E-state index < -0.39 is 10.0 Å². The first-order chi connectivity index (χ1) is 9.06. The van der Waals surface area contributed by atoms with Gasteiger partial charge in [0.25, 0.3) is 0 Å². The molecule has 7 heteroatoms. The lowest BCUT2D eigenvalue weighted by molar-refractivity contribution is 0.401. The average Bonchev–Trinajstić information content (AvgIpc) is 3.24. The van der Waals surface area contributed by atoms with Crippen molar-refractivity contribution in [2.45, 2.75) is 30.6 Å². The van der Waals surface area contributed by atoms with E-state index in [1.165, 1.54) is 38.1 Å². The maximum atomic E-state index is 12.1. The lowest BCUT2D eigenvalue weighted by Crippen LogP contribution is -2.31. The third-order valence-corrected chi connectivity index (χ3v) is 5.44. The Kier molecular flexibility index (Phi) is 3.49. The largest absolute Gasteiger partial charge is 0.243 e. The van der Waals surface area contributed by atoms with Gasteiger partial charge < -0.3 is 0 Å². The van der Waals surface area contributed by atoms with Crippen LogP contribution >= 0.6 is 11.6 Å². The molecule has 2 fully saturated rings. The van der Waals surface area contributed by atoms with E-state index in [9.17, 15) is 8.42 Å². The predicted octanol–water partition coefficient (Wildman–Crippen LogP) is 1.84. The number of aromatic nitrogens is 2. The average molecular weight is 302 g/mol. The number of hydrogen-bond donors (Lipinski definition) is 1. The van der Waals surface area contributed by atoms with Gasteiger partial charge in [-0.1, -0.05) is 0 Å². The van der Waals surface area contributed by atoms with E-state index in [4.69, 9.17) is 11.6 Å². The molecular weight excluding hydrogens is 286 g/mol. The molecule has 0 atom stereocenters. The summed E-state index contributed by atoms with van der Waals surface area (Å²) in [5, 5.41) is 0.0489. The van der Waals surface area contributed by atoms with Crippen LogP contribution in [0.25, 0.3) is 0 Å². The van der Waals surface area contributed by atoms with E-state index in [0.29, 0.717) is 12.5 Å². The zero-order valence-corrected chi connectivity index (χ0v) is 12.0. The molecule has 0 saturated heterocycles. The highest BCUT2D eigenvalue weighted by Crippen LogP contribution is 2.48. The number of sulfonamides is 1. The van der Waals surface area contributed by atoms with Gasteiger partial charge in [-0.05, 0) is 55.0 Å². The van der Waals surface area contributed by atoms with E-state index in [-0.39, 0.29) is 10.2 Å². The minimum atomic E-state index is -3.52. The van der Waals surface area contributed by atoms with Crippen molar-refractivity contribution in [3.8, 4) is 0 Å². The second kappa shape index (κ2) is 5.00. The van der Waals surface area contributed by atoms with Crippen molar-refractivity contribution in [1.82, 2.24) is 14.7 Å². The Hall–Kier alpha value is -0.720. The zero-order chi connectivity index (χ0) is 13.5. The molecule has 0 unspecified atom stereocenters. The van der Waals surface area contributed by atoms with E-state index >= 15 is 0 Å². The minimum absolute atomic E-state index is 0.0489. The number of nitrogens with zero attached hydrogens (tertiary/aromatic N) is 2. The lowest BCUT2D eigenvalue weighted by atomic mass is 9.99. The summed E-state index contributed by atoms with van der Waals surface area (Å²) in [6.07, 6.45) is 7.45. The zero-order valence-electron chi connectivity index (χ0n) is 10.4. The van der Waals surface area contributed by atoms with Crippen LogP contribution < -0.4 is 4.72 Å². The topological polar surface area (TPSA) is 72.0 Å². The molecule has 104 valence electrons. The van der Waals surface area contributed by atoms with Crippen molar-refractivity contribution < 1.29 is 8.42 Å². The fraction of sp³-hybridized carbons (Fsp3) is 0.667. The summed E-state index contributed by atoms with van der Waals surface area (Å²) in [7, 11) is -3.52. The summed E-state index contributed by atoms with van der Waals surface area (Å²) in [6, 6.07) is 0. The van der Waals surface area contributed by atoms with Crippen LogP contribution in [-0.4, -0.2) is 24.9 Å². The molecule has 0 amide bonds. The maximum absolute atomic E-state index is 12.1. The molecule has 0 aliphatic heterocycles. The molecule has 2 aliphatic carbocycles. The maximum Gasteiger partial charge on any atom is 0.243 e. The molecule has 2 aliphatic rings. The van der Waals surface area contributed by atoms with Crippen molar-refractivity contribution in [3.63, 3.8) is 0 Å². The summed E-state index contributed by atoms with van der Waals surface area (Å²) in [4.78, 5) is 7.48. The van der Waals surface area contributed by atoms with Crippen LogP contribution in [0.4, 0.5) is 0 Å². The highest BCUT2D eigenvalue weighted by atomic mass is 35.5. The molecule has 1 heterocycles. The number of halogens is 1. The molecule has 0 radical (unpaired) electrons. The fourth-order valence-corrected chi connectivity index (χ4v) is 3.55. The lowest BCUT2D eigenvalue weighted by Gasteiger charge is -2.16. The highest BCUT2D eigenvalue weighted by Gasteiger charge is 2.41. The molecule has 5 nitrogen and oxygen atoms in total. The summed E-state index contributed by atoms with van der Waals surface area (Å²) < 4.78 is 26.9. The van der Waals surface area contributed by atoms with Gasteiger partial charge in [0.2, 0.25) is 15.3 Å². The Balaban J connectivity index is 1.65. The van der Waals surface area contributed by atoms with Gasteiger partial charge in [0.1, 0.15) is 4.90 Å². The van der Waals surface area contributed by atoms with Crippen molar-refractivity contribution in [1.29, 1.82) is 0 Å². The number of nitrogens with one attached hydrogen (secondary N) is 1. The van der Waals surface area contributed by atoms with Gasteiger partial charge in [-0.3, -0.25) is 0 Å². The van der Waals surface area contributed by atoms with E-state index in [0.717, 1.165) is 11.8 Å². The van der Waals surface area contributed by atoms with Gasteiger partial charge in [0.15, 0.2) is 0 Å². The van der Waals surface area contributed by atoms with Crippen LogP contribution in [-0.2, 0) is 10.0 Å². The Bertz CT molecular complexity index is 541. The smallest absolute Gasteiger partial charge is 0.225 e. The summed E-state index contributed by atoms with van der Waals surface area (Å²) in [5.41, 5.74) is 0. The molecule has 3 rings (SSSR count). The van der Waals surface area contributed by atoms with Crippen LogP contribution in [0.1, 0.15) is 25.7 Å². The molecule has 0 spiro atoms. The predicted molar refractivity (Wildman–Crippen MR) is 71.2 cm³/mol. The van der Waals surface area contributed by atoms with E-state index in [2.05, 4.69) is 14.7 Å². The molecular formula is C12H16ClN3O2S. The molecule has 1 N–H and O–H groups in total. The van der Waals surface area contributed by atoms with Crippen LogP contribution in [0.2, 0.25) is 5.28 Å². The standard InChI is InChI=1S/C12H16ClN3O2S/c13-12-14-5-10(6-15-12)19(17,18)16-7-11(8-1-2-8)9-3-4-9/h5-6,8-9,11,16H,1-4,7H2. The molecule has 1 aromatic rings. The van der Waals surface area contributed by atoms with Crippen molar-refractivity contribution in [3.05, 3.63) is 17.7 Å². The quantitative estimate of drug-likeness (QED) is 0.814. The molecule has 19 heavy (non-hydrogen) atoms. The van der Waals surface area contributed by atoms with Crippen molar-refractivity contribution in [2.75, 3.05) is 6.54 Å². The second-order valence-electron chi connectivity index (χ2n) is 5.38. The van der Waals surface area contributed by atoms with Gasteiger partial charge in [0.05, 0.1) is 12.4 Å². The van der Waals surface area contributed by atoms with Gasteiger partial charge in [-0.2, -0.15) is 0 Å². The first kappa shape index (κ1) is 13.3. The summed E-state index contributed by atoms with van der Waals surface area (Å²) in [6.45, 7) is 0.528. The first-order valence-corrected chi connectivity index (χ1v) is 8.39. The van der Waals surface area contributed by atoms with Gasteiger partial charge in [-0.25, -0.2) is 23.1 Å². The fourth-order valence-electron chi connectivity index (χ4n) is 2.50. The van der Waals surface area contributed by atoms with Crippen LogP contribution in [0.15, 0.2) is 17.3 Å². The summed E-state index contributed by atoms with van der Waals surface area (Å²) in [5.74, 6) is 1.94. The van der Waals surface area contributed by atoms with Crippen molar-refractivity contribution >= 4 is 21.6 Å². The Morgan fingerprint density at radius 1 is 1.21 bits per heavy atom. The van der Waals surface area contributed by atoms with Gasteiger partial charge >= 0.3 is 0 Å². The molecule has 0 aromatic carbocycles. The number of hydrogen-bond acceptors (Lipinski definition) is 4.